The molecule has 0 amide bonds. The molecule has 0 radical (unpaired) electrons. The van der Waals surface area contributed by atoms with Crippen LogP contribution < -0.4 is 0 Å². The van der Waals surface area contributed by atoms with E-state index in [0.717, 1.165) is 11.4 Å². The average Bonchev–Trinajstić information content (AvgIpc) is 2.84. The van der Waals surface area contributed by atoms with E-state index in [1.54, 1.807) is 19.5 Å². The third-order valence-electron chi connectivity index (χ3n) is 2.03. The van der Waals surface area contributed by atoms with Crippen LogP contribution in [0.3, 0.4) is 0 Å². The molecule has 2 aromatic rings. The van der Waals surface area contributed by atoms with Gasteiger partial charge in [0.2, 0.25) is 0 Å². The first-order valence-electron chi connectivity index (χ1n) is 4.46. The highest BCUT2D eigenvalue weighted by molar-refractivity contribution is 7.71. The zero-order valence-electron chi connectivity index (χ0n) is 8.23. The number of hydrogen-bond donors (Lipinski definition) is 2. The number of aromatic nitrogens is 5. The fraction of sp³-hybridized carbons (Fsp3) is 0.375. The number of nitrogens with one attached hydrogen (secondary N) is 2. The zero-order chi connectivity index (χ0) is 10.7. The van der Waals surface area contributed by atoms with Crippen molar-refractivity contribution in [1.29, 1.82) is 0 Å². The Morgan fingerprint density at radius 3 is 3.13 bits per heavy atom. The van der Waals surface area contributed by atoms with Crippen LogP contribution in [0.4, 0.5) is 0 Å². The fourth-order valence-electron chi connectivity index (χ4n) is 1.30. The number of ether oxygens (including phenoxy) is 1. The van der Waals surface area contributed by atoms with Crippen molar-refractivity contribution in [2.24, 2.45) is 0 Å². The van der Waals surface area contributed by atoms with Crippen molar-refractivity contribution >= 4 is 12.2 Å². The summed E-state index contributed by atoms with van der Waals surface area (Å²) in [4.78, 5) is 0. The van der Waals surface area contributed by atoms with Crippen LogP contribution in [0.5, 0.6) is 0 Å². The number of hydrogen-bond acceptors (Lipinski definition) is 4. The summed E-state index contributed by atoms with van der Waals surface area (Å²) in [6.45, 7) is 1.27. The molecule has 0 spiro atoms. The number of rotatable bonds is 4. The van der Waals surface area contributed by atoms with E-state index in [9.17, 15) is 0 Å². The lowest BCUT2D eigenvalue weighted by Crippen LogP contribution is -2.05. The molecule has 0 bridgehead atoms. The molecule has 80 valence electrons. The van der Waals surface area contributed by atoms with Crippen molar-refractivity contribution < 1.29 is 4.74 Å². The summed E-state index contributed by atoms with van der Waals surface area (Å²) >= 11 is 5.12. The molecule has 0 aromatic carbocycles. The maximum Gasteiger partial charge on any atom is 0.195 e. The lowest BCUT2D eigenvalue weighted by Gasteiger charge is -2.03. The van der Waals surface area contributed by atoms with Crippen molar-refractivity contribution in [3.63, 3.8) is 0 Å². The summed E-state index contributed by atoms with van der Waals surface area (Å²) in [5.74, 6) is 0.769. The molecular formula is C8H11N5OS. The molecule has 0 atom stereocenters. The summed E-state index contributed by atoms with van der Waals surface area (Å²) in [6, 6.07) is 0. The molecule has 6 nitrogen and oxygen atoms in total. The Bertz CT molecular complexity index is 471. The summed E-state index contributed by atoms with van der Waals surface area (Å²) in [6.07, 6.45) is 3.47. The molecule has 0 fully saturated rings. The van der Waals surface area contributed by atoms with Gasteiger partial charge in [0.05, 0.1) is 24.9 Å². The fourth-order valence-corrected chi connectivity index (χ4v) is 1.52. The molecule has 7 heteroatoms. The largest absolute Gasteiger partial charge is 0.383 e. The third-order valence-corrected chi connectivity index (χ3v) is 2.35. The Kier molecular flexibility index (Phi) is 2.93. The highest BCUT2D eigenvalue weighted by atomic mass is 32.1. The highest BCUT2D eigenvalue weighted by Crippen LogP contribution is 2.14. The molecule has 2 heterocycles. The number of aromatic amines is 2. The molecule has 0 aliphatic rings. The van der Waals surface area contributed by atoms with Crippen LogP contribution in [0.2, 0.25) is 0 Å². The van der Waals surface area contributed by atoms with Crippen LogP contribution in [-0.2, 0) is 11.3 Å². The molecule has 0 unspecified atom stereocenters. The second kappa shape index (κ2) is 4.37. The van der Waals surface area contributed by atoms with E-state index in [2.05, 4.69) is 20.4 Å². The first-order chi connectivity index (χ1) is 7.33. The van der Waals surface area contributed by atoms with Gasteiger partial charge in [-0.2, -0.15) is 10.2 Å². The number of methoxy groups -OCH3 is 1. The minimum absolute atomic E-state index is 0.586. The summed E-state index contributed by atoms with van der Waals surface area (Å²) in [5.41, 5.74) is 0.901. The molecule has 0 saturated carbocycles. The van der Waals surface area contributed by atoms with Crippen LogP contribution in [0.15, 0.2) is 12.4 Å². The number of H-pyrrole nitrogens is 2. The van der Waals surface area contributed by atoms with E-state index in [1.165, 1.54) is 0 Å². The summed E-state index contributed by atoms with van der Waals surface area (Å²) in [7, 11) is 1.65. The average molecular weight is 225 g/mol. The van der Waals surface area contributed by atoms with E-state index in [4.69, 9.17) is 17.0 Å². The normalized spacial score (nSPS) is 10.7. The van der Waals surface area contributed by atoms with Crippen LogP contribution in [0.1, 0.15) is 0 Å². The van der Waals surface area contributed by atoms with Crippen molar-refractivity contribution in [3.05, 3.63) is 17.2 Å². The van der Waals surface area contributed by atoms with Crippen LogP contribution in [-0.4, -0.2) is 38.7 Å². The Morgan fingerprint density at radius 2 is 2.47 bits per heavy atom. The second-order valence-electron chi connectivity index (χ2n) is 2.98. The van der Waals surface area contributed by atoms with Crippen molar-refractivity contribution in [2.75, 3.05) is 13.7 Å². The van der Waals surface area contributed by atoms with E-state index >= 15 is 0 Å². The predicted molar refractivity (Wildman–Crippen MR) is 56.9 cm³/mol. The van der Waals surface area contributed by atoms with E-state index in [-0.39, 0.29) is 0 Å². The van der Waals surface area contributed by atoms with Crippen molar-refractivity contribution in [1.82, 2.24) is 25.0 Å². The molecule has 0 aliphatic heterocycles. The molecule has 15 heavy (non-hydrogen) atoms. The van der Waals surface area contributed by atoms with Gasteiger partial charge in [-0.3, -0.25) is 14.8 Å². The zero-order valence-corrected chi connectivity index (χ0v) is 9.04. The summed E-state index contributed by atoms with van der Waals surface area (Å²) in [5, 5.41) is 13.5. The predicted octanol–water partition coefficient (Wildman–Crippen LogP) is 0.977. The van der Waals surface area contributed by atoms with Crippen molar-refractivity contribution in [2.45, 2.75) is 6.54 Å². The second-order valence-corrected chi connectivity index (χ2v) is 3.37. The van der Waals surface area contributed by atoms with Gasteiger partial charge in [0, 0.05) is 13.3 Å². The standard InChI is InChI=1S/C8H11N5OS/c1-14-3-2-13-7(11-12-8(13)15)6-4-9-10-5-6/h4-5H,2-3H2,1H3,(H,9,10)(H,12,15). The molecule has 0 aliphatic carbocycles. The van der Waals surface area contributed by atoms with Gasteiger partial charge in [0.25, 0.3) is 0 Å². The molecular weight excluding hydrogens is 214 g/mol. The van der Waals surface area contributed by atoms with E-state index in [1.807, 2.05) is 4.57 Å². The number of nitrogens with zero attached hydrogens (tertiary/aromatic N) is 3. The Morgan fingerprint density at radius 1 is 1.60 bits per heavy atom. The van der Waals surface area contributed by atoms with Crippen LogP contribution in [0, 0.1) is 4.77 Å². The van der Waals surface area contributed by atoms with Gasteiger partial charge in [-0.05, 0) is 12.2 Å². The maximum atomic E-state index is 5.12. The highest BCUT2D eigenvalue weighted by Gasteiger charge is 2.08. The third kappa shape index (κ3) is 1.97. The van der Waals surface area contributed by atoms with Crippen LogP contribution in [0.25, 0.3) is 11.4 Å². The molecule has 2 aromatic heterocycles. The topological polar surface area (TPSA) is 71.5 Å². The van der Waals surface area contributed by atoms with Gasteiger partial charge in [0.15, 0.2) is 10.6 Å². The van der Waals surface area contributed by atoms with E-state index in [0.29, 0.717) is 17.9 Å². The monoisotopic (exact) mass is 225 g/mol. The smallest absolute Gasteiger partial charge is 0.195 e. The van der Waals surface area contributed by atoms with Gasteiger partial charge in [0.1, 0.15) is 0 Å². The molecule has 2 rings (SSSR count). The molecule has 0 saturated heterocycles. The Hall–Kier alpha value is -1.47. The van der Waals surface area contributed by atoms with Gasteiger partial charge in [-0.25, -0.2) is 0 Å². The molecule has 2 N–H and O–H groups in total. The van der Waals surface area contributed by atoms with Gasteiger partial charge >= 0.3 is 0 Å². The minimum atomic E-state index is 0.586. The van der Waals surface area contributed by atoms with Gasteiger partial charge in [-0.15, -0.1) is 0 Å². The summed E-state index contributed by atoms with van der Waals surface area (Å²) < 4.78 is 7.48. The van der Waals surface area contributed by atoms with Crippen LogP contribution >= 0.6 is 12.2 Å². The first-order valence-corrected chi connectivity index (χ1v) is 4.87. The lowest BCUT2D eigenvalue weighted by molar-refractivity contribution is 0.187. The Balaban J connectivity index is 2.36. The van der Waals surface area contributed by atoms with Gasteiger partial charge < -0.3 is 4.74 Å². The van der Waals surface area contributed by atoms with E-state index < -0.39 is 0 Å². The Labute approximate surface area is 91.3 Å². The lowest BCUT2D eigenvalue weighted by atomic mass is 10.3. The van der Waals surface area contributed by atoms with Gasteiger partial charge in [-0.1, -0.05) is 0 Å². The quantitative estimate of drug-likeness (QED) is 0.761. The SMILES string of the molecule is COCCn1c(-c2cn[nH]c2)n[nH]c1=S. The maximum absolute atomic E-state index is 5.12. The minimum Gasteiger partial charge on any atom is -0.383 e. The first kappa shape index (κ1) is 10.1. The van der Waals surface area contributed by atoms with Crippen molar-refractivity contribution in [3.8, 4) is 11.4 Å².